The molecule has 24 heavy (non-hydrogen) atoms. The Kier molecular flexibility index (Phi) is 10.2. The highest BCUT2D eigenvalue weighted by Crippen LogP contribution is 2.25. The third-order valence-electron chi connectivity index (χ3n) is 4.46. The van der Waals surface area contributed by atoms with E-state index >= 15 is 0 Å². The molecule has 1 heterocycles. The van der Waals surface area contributed by atoms with Gasteiger partial charge in [0.05, 0.1) is 30.5 Å². The Bertz CT molecular complexity index is 384. The Morgan fingerprint density at radius 1 is 1.17 bits per heavy atom. The van der Waals surface area contributed by atoms with Crippen molar-refractivity contribution in [1.29, 1.82) is 0 Å². The number of aliphatic carboxylic acids is 1. The first-order valence-electron chi connectivity index (χ1n) is 9.03. The van der Waals surface area contributed by atoms with Crippen LogP contribution >= 0.6 is 0 Å². The molecule has 1 aliphatic rings. The van der Waals surface area contributed by atoms with Crippen molar-refractivity contribution in [3.05, 3.63) is 12.2 Å². The topological polar surface area (TPSA) is 107 Å². The molecular formula is C18H32O6. The van der Waals surface area contributed by atoms with E-state index in [1.807, 2.05) is 6.92 Å². The summed E-state index contributed by atoms with van der Waals surface area (Å²) in [5.41, 5.74) is 0. The summed E-state index contributed by atoms with van der Waals surface area (Å²) in [4.78, 5) is 10.4. The van der Waals surface area contributed by atoms with E-state index in [9.17, 15) is 20.1 Å². The molecule has 0 aromatic rings. The molecule has 1 fully saturated rings. The van der Waals surface area contributed by atoms with Crippen molar-refractivity contribution in [3.8, 4) is 0 Å². The largest absolute Gasteiger partial charge is 0.481 e. The van der Waals surface area contributed by atoms with Gasteiger partial charge in [-0.05, 0) is 19.3 Å². The van der Waals surface area contributed by atoms with E-state index < -0.39 is 30.4 Å². The van der Waals surface area contributed by atoms with Gasteiger partial charge >= 0.3 is 5.97 Å². The molecule has 0 aromatic carbocycles. The van der Waals surface area contributed by atoms with Gasteiger partial charge in [-0.3, -0.25) is 4.79 Å². The lowest BCUT2D eigenvalue weighted by molar-refractivity contribution is -0.137. The van der Waals surface area contributed by atoms with Gasteiger partial charge < -0.3 is 25.2 Å². The summed E-state index contributed by atoms with van der Waals surface area (Å²) in [7, 11) is 0. The molecule has 0 aromatic heterocycles. The second-order valence-electron chi connectivity index (χ2n) is 6.57. The van der Waals surface area contributed by atoms with Crippen LogP contribution in [0.5, 0.6) is 0 Å². The molecule has 0 spiro atoms. The van der Waals surface area contributed by atoms with Crippen LogP contribution in [0.15, 0.2) is 12.2 Å². The summed E-state index contributed by atoms with van der Waals surface area (Å²) in [6.07, 6.45) is 6.92. The highest BCUT2D eigenvalue weighted by molar-refractivity contribution is 5.66. The minimum atomic E-state index is -0.818. The average Bonchev–Trinajstić information content (AvgIpc) is 2.92. The van der Waals surface area contributed by atoms with Gasteiger partial charge in [-0.1, -0.05) is 44.8 Å². The number of carbonyl (C=O) groups is 1. The minimum absolute atomic E-state index is 0.218. The first kappa shape index (κ1) is 21.1. The monoisotopic (exact) mass is 344 g/mol. The summed E-state index contributed by atoms with van der Waals surface area (Å²) in [5.74, 6) is -0.752. The maximum absolute atomic E-state index is 10.4. The second kappa shape index (κ2) is 11.6. The number of carboxylic acid groups (broad SMARTS) is 1. The van der Waals surface area contributed by atoms with E-state index in [0.29, 0.717) is 25.7 Å². The fraction of sp³-hybridized carbons (Fsp3) is 0.833. The molecule has 1 aliphatic heterocycles. The molecule has 0 saturated carbocycles. The van der Waals surface area contributed by atoms with Gasteiger partial charge in [-0.2, -0.15) is 0 Å². The standard InChI is InChI=1S/C18H32O6/c1-2-16-15(21)12-17(24-16)14(20)11-10-13(19)8-6-4-3-5-7-9-18(22)23/h10-11,13-17,19-21H,2-9,12H2,1H3,(H,22,23)/b11-10+/t13-,14+,15-,16-,17-/m1/s1. The van der Waals surface area contributed by atoms with Crippen molar-refractivity contribution in [2.24, 2.45) is 0 Å². The normalized spacial score (nSPS) is 26.8. The van der Waals surface area contributed by atoms with Crippen LogP contribution in [-0.4, -0.2) is 56.9 Å². The van der Waals surface area contributed by atoms with E-state index in [0.717, 1.165) is 25.7 Å². The molecule has 0 radical (unpaired) electrons. The Balaban J connectivity index is 2.12. The molecule has 5 atom stereocenters. The van der Waals surface area contributed by atoms with Gasteiger partial charge in [0.25, 0.3) is 0 Å². The number of hydrogen-bond donors (Lipinski definition) is 4. The molecule has 0 unspecified atom stereocenters. The van der Waals surface area contributed by atoms with Crippen molar-refractivity contribution < 1.29 is 30.0 Å². The molecule has 140 valence electrons. The van der Waals surface area contributed by atoms with E-state index in [-0.39, 0.29) is 12.5 Å². The minimum Gasteiger partial charge on any atom is -0.481 e. The molecule has 4 N–H and O–H groups in total. The van der Waals surface area contributed by atoms with Gasteiger partial charge in [-0.15, -0.1) is 0 Å². The number of unbranched alkanes of at least 4 members (excludes halogenated alkanes) is 4. The third kappa shape index (κ3) is 8.24. The number of aliphatic hydroxyl groups excluding tert-OH is 3. The lowest BCUT2D eigenvalue weighted by atomic mass is 10.0. The maximum atomic E-state index is 10.4. The van der Waals surface area contributed by atoms with Crippen molar-refractivity contribution in [1.82, 2.24) is 0 Å². The van der Waals surface area contributed by atoms with Crippen LogP contribution < -0.4 is 0 Å². The highest BCUT2D eigenvalue weighted by Gasteiger charge is 2.35. The molecule has 0 aliphatic carbocycles. The van der Waals surface area contributed by atoms with Crippen LogP contribution in [0.25, 0.3) is 0 Å². The van der Waals surface area contributed by atoms with Crippen molar-refractivity contribution in [2.75, 3.05) is 0 Å². The first-order valence-corrected chi connectivity index (χ1v) is 9.03. The molecule has 1 saturated heterocycles. The number of aliphatic hydroxyl groups is 3. The molecule has 6 heteroatoms. The Morgan fingerprint density at radius 2 is 1.83 bits per heavy atom. The van der Waals surface area contributed by atoms with E-state index in [1.165, 1.54) is 0 Å². The van der Waals surface area contributed by atoms with Crippen LogP contribution in [0.4, 0.5) is 0 Å². The fourth-order valence-electron chi connectivity index (χ4n) is 2.97. The zero-order valence-electron chi connectivity index (χ0n) is 14.5. The van der Waals surface area contributed by atoms with Crippen molar-refractivity contribution >= 4 is 5.97 Å². The first-order chi connectivity index (χ1) is 11.4. The quantitative estimate of drug-likeness (QED) is 0.319. The summed E-state index contributed by atoms with van der Waals surface area (Å²) in [6, 6.07) is 0. The molecule has 0 bridgehead atoms. The zero-order valence-corrected chi connectivity index (χ0v) is 14.5. The predicted molar refractivity (Wildman–Crippen MR) is 90.7 cm³/mol. The van der Waals surface area contributed by atoms with Crippen LogP contribution in [-0.2, 0) is 9.53 Å². The van der Waals surface area contributed by atoms with Gasteiger partial charge in [0.15, 0.2) is 0 Å². The molecule has 6 nitrogen and oxygen atoms in total. The van der Waals surface area contributed by atoms with Crippen LogP contribution in [0.2, 0.25) is 0 Å². The van der Waals surface area contributed by atoms with E-state index in [1.54, 1.807) is 12.2 Å². The SMILES string of the molecule is CC[C@H]1O[C@@H]([C@@H](O)/C=C/[C@H](O)CCCCCCCC(=O)O)C[C@H]1O. The highest BCUT2D eigenvalue weighted by atomic mass is 16.5. The molecule has 1 rings (SSSR count). The second-order valence-corrected chi connectivity index (χ2v) is 6.57. The van der Waals surface area contributed by atoms with Crippen molar-refractivity contribution in [2.45, 2.75) is 95.2 Å². The lowest BCUT2D eigenvalue weighted by Crippen LogP contribution is -2.24. The smallest absolute Gasteiger partial charge is 0.303 e. The zero-order chi connectivity index (χ0) is 17.9. The predicted octanol–water partition coefficient (Wildman–Crippen LogP) is 2.01. The van der Waals surface area contributed by atoms with E-state index in [2.05, 4.69) is 0 Å². The number of hydrogen-bond acceptors (Lipinski definition) is 5. The number of rotatable bonds is 12. The van der Waals surface area contributed by atoms with Crippen LogP contribution in [0, 0.1) is 0 Å². The lowest BCUT2D eigenvalue weighted by Gasteiger charge is -2.16. The maximum Gasteiger partial charge on any atom is 0.303 e. The summed E-state index contributed by atoms with van der Waals surface area (Å²) < 4.78 is 5.60. The summed E-state index contributed by atoms with van der Waals surface area (Å²) >= 11 is 0. The van der Waals surface area contributed by atoms with E-state index in [4.69, 9.17) is 9.84 Å². The third-order valence-corrected chi connectivity index (χ3v) is 4.46. The Hall–Kier alpha value is -0.950. The van der Waals surface area contributed by atoms with Gasteiger partial charge in [0, 0.05) is 12.8 Å². The van der Waals surface area contributed by atoms with Crippen molar-refractivity contribution in [3.63, 3.8) is 0 Å². The summed E-state index contributed by atoms with van der Waals surface area (Å²) in [5, 5.41) is 38.3. The summed E-state index contributed by atoms with van der Waals surface area (Å²) in [6.45, 7) is 1.93. The molecular weight excluding hydrogens is 312 g/mol. The van der Waals surface area contributed by atoms with Gasteiger partial charge in [0.2, 0.25) is 0 Å². The fourth-order valence-corrected chi connectivity index (χ4v) is 2.97. The van der Waals surface area contributed by atoms with Gasteiger partial charge in [-0.25, -0.2) is 0 Å². The van der Waals surface area contributed by atoms with Gasteiger partial charge in [0.1, 0.15) is 0 Å². The van der Waals surface area contributed by atoms with Crippen LogP contribution in [0.3, 0.4) is 0 Å². The molecule has 0 amide bonds. The Morgan fingerprint density at radius 3 is 2.46 bits per heavy atom. The average molecular weight is 344 g/mol. The van der Waals surface area contributed by atoms with Crippen LogP contribution in [0.1, 0.15) is 64.7 Å². The number of ether oxygens (including phenoxy) is 1. The Labute approximate surface area is 144 Å². The number of carboxylic acids is 1.